The van der Waals surface area contributed by atoms with Crippen LogP contribution in [0.1, 0.15) is 28.7 Å². The average Bonchev–Trinajstić information content (AvgIpc) is 3.16. The SMILES string of the molecule is CC1=NCN=N1.Cc1o[nH]c(=O)c1C.Cc1s[nH]c(=O)c1C. The van der Waals surface area contributed by atoms with Gasteiger partial charge in [-0.25, -0.2) is 4.99 Å². The highest BCUT2D eigenvalue weighted by atomic mass is 32.1. The zero-order valence-electron chi connectivity index (χ0n) is 13.2. The van der Waals surface area contributed by atoms with Gasteiger partial charge in [-0.1, -0.05) is 11.5 Å². The van der Waals surface area contributed by atoms with Gasteiger partial charge in [0.25, 0.3) is 11.1 Å². The third-order valence-corrected chi connectivity index (χ3v) is 3.81. The van der Waals surface area contributed by atoms with Gasteiger partial charge in [-0.3, -0.25) is 14.0 Å². The van der Waals surface area contributed by atoms with Crippen LogP contribution in [0, 0.1) is 27.7 Å². The third kappa shape index (κ3) is 5.24. The van der Waals surface area contributed by atoms with Gasteiger partial charge in [0.2, 0.25) is 0 Å². The summed E-state index contributed by atoms with van der Waals surface area (Å²) in [4.78, 5) is 26.0. The Hall–Kier alpha value is -2.29. The lowest BCUT2D eigenvalue weighted by Gasteiger charge is -1.76. The van der Waals surface area contributed by atoms with Gasteiger partial charge in [-0.15, -0.1) is 5.11 Å². The van der Waals surface area contributed by atoms with E-state index < -0.39 is 0 Å². The Bertz CT molecular complexity index is 723. The van der Waals surface area contributed by atoms with Crippen LogP contribution in [0.15, 0.2) is 29.3 Å². The number of azo groups is 1. The number of aromatic amines is 2. The van der Waals surface area contributed by atoms with Gasteiger partial charge in [0.05, 0.1) is 5.56 Å². The molecule has 120 valence electrons. The van der Waals surface area contributed by atoms with Crippen molar-refractivity contribution in [1.29, 1.82) is 0 Å². The maximum absolute atomic E-state index is 10.6. The summed E-state index contributed by atoms with van der Waals surface area (Å²) < 4.78 is 7.28. The first-order valence-electron chi connectivity index (χ1n) is 6.50. The Balaban J connectivity index is 0.000000167. The second-order valence-corrected chi connectivity index (χ2v) is 5.54. The normalized spacial score (nSPS) is 12.1. The van der Waals surface area contributed by atoms with Crippen molar-refractivity contribution in [3.63, 3.8) is 0 Å². The molecule has 1 aliphatic rings. The summed E-state index contributed by atoms with van der Waals surface area (Å²) in [5.41, 5.74) is 1.41. The van der Waals surface area contributed by atoms with Crippen LogP contribution in [0.25, 0.3) is 0 Å². The molecular weight excluding hydrogens is 306 g/mol. The Labute approximate surface area is 131 Å². The van der Waals surface area contributed by atoms with Crippen molar-refractivity contribution in [2.45, 2.75) is 34.6 Å². The Morgan fingerprint density at radius 3 is 1.86 bits per heavy atom. The Kier molecular flexibility index (Phi) is 6.64. The van der Waals surface area contributed by atoms with Gasteiger partial charge >= 0.3 is 0 Å². The number of hydrogen-bond donors (Lipinski definition) is 2. The molecule has 9 heteroatoms. The Morgan fingerprint density at radius 1 is 1.05 bits per heavy atom. The van der Waals surface area contributed by atoms with E-state index in [9.17, 15) is 9.59 Å². The number of rotatable bonds is 0. The summed E-state index contributed by atoms with van der Waals surface area (Å²) in [6.07, 6.45) is 0. The van der Waals surface area contributed by atoms with Crippen LogP contribution in [0.3, 0.4) is 0 Å². The highest BCUT2D eigenvalue weighted by Crippen LogP contribution is 2.02. The number of hydrogen-bond acceptors (Lipinski definition) is 7. The first-order chi connectivity index (χ1) is 10.3. The predicted molar refractivity (Wildman–Crippen MR) is 86.0 cm³/mol. The van der Waals surface area contributed by atoms with Crippen LogP contribution in [-0.4, -0.2) is 22.0 Å². The molecule has 0 aromatic carbocycles. The minimum atomic E-state index is -0.137. The molecule has 0 bridgehead atoms. The van der Waals surface area contributed by atoms with Crippen molar-refractivity contribution in [2.24, 2.45) is 15.2 Å². The molecule has 0 unspecified atom stereocenters. The van der Waals surface area contributed by atoms with Gasteiger partial charge in [0, 0.05) is 10.4 Å². The van der Waals surface area contributed by atoms with E-state index >= 15 is 0 Å². The number of aryl methyl sites for hydroxylation is 2. The lowest BCUT2D eigenvalue weighted by Crippen LogP contribution is -2.00. The summed E-state index contributed by atoms with van der Waals surface area (Å²) >= 11 is 1.39. The maximum Gasteiger partial charge on any atom is 0.283 e. The van der Waals surface area contributed by atoms with E-state index in [1.807, 2.05) is 20.8 Å². The lowest BCUT2D eigenvalue weighted by molar-refractivity contribution is 0.391. The smallest absolute Gasteiger partial charge is 0.283 e. The molecule has 2 aromatic heterocycles. The fourth-order valence-corrected chi connectivity index (χ4v) is 1.82. The second kappa shape index (κ2) is 8.23. The van der Waals surface area contributed by atoms with Crippen LogP contribution in [-0.2, 0) is 0 Å². The average molecular weight is 325 g/mol. The number of nitrogens with zero attached hydrogens (tertiary/aromatic N) is 3. The molecule has 8 nitrogen and oxygen atoms in total. The number of aliphatic imine (C=N–C) groups is 1. The minimum absolute atomic E-state index is 0.0486. The van der Waals surface area contributed by atoms with Crippen LogP contribution in [0.5, 0.6) is 0 Å². The predicted octanol–water partition coefficient (Wildman–Crippen LogP) is 2.47. The van der Waals surface area contributed by atoms with Gasteiger partial charge in [0.15, 0.2) is 6.67 Å². The van der Waals surface area contributed by atoms with Crippen molar-refractivity contribution in [3.8, 4) is 0 Å². The first-order valence-corrected chi connectivity index (χ1v) is 7.32. The molecule has 0 saturated heterocycles. The molecule has 0 fully saturated rings. The van der Waals surface area contributed by atoms with Gasteiger partial charge in [-0.2, -0.15) is 10.3 Å². The quantitative estimate of drug-likeness (QED) is 0.775. The van der Waals surface area contributed by atoms with E-state index in [0.717, 1.165) is 16.3 Å². The number of nitrogens with one attached hydrogen (secondary N) is 2. The summed E-state index contributed by atoms with van der Waals surface area (Å²) in [6, 6.07) is 0. The topological polar surface area (TPSA) is 116 Å². The molecule has 2 aromatic rings. The van der Waals surface area contributed by atoms with E-state index in [-0.39, 0.29) is 11.1 Å². The van der Waals surface area contributed by atoms with E-state index in [2.05, 4.69) is 29.3 Å². The van der Waals surface area contributed by atoms with Crippen molar-refractivity contribution in [2.75, 3.05) is 6.67 Å². The summed E-state index contributed by atoms with van der Waals surface area (Å²) in [5.74, 6) is 1.45. The minimum Gasteiger partial charge on any atom is -0.384 e. The fraction of sp³-hybridized carbons (Fsp3) is 0.462. The first kappa shape index (κ1) is 17.8. The van der Waals surface area contributed by atoms with Gasteiger partial charge < -0.3 is 4.52 Å². The van der Waals surface area contributed by atoms with Crippen molar-refractivity contribution >= 4 is 17.4 Å². The van der Waals surface area contributed by atoms with Gasteiger partial charge in [-0.05, 0) is 34.6 Å². The molecule has 2 N–H and O–H groups in total. The van der Waals surface area contributed by atoms with Crippen LogP contribution >= 0.6 is 11.5 Å². The molecule has 0 amide bonds. The second-order valence-electron chi connectivity index (χ2n) is 4.52. The molecule has 0 spiro atoms. The van der Waals surface area contributed by atoms with Gasteiger partial charge in [0.1, 0.15) is 11.6 Å². The zero-order valence-corrected chi connectivity index (χ0v) is 14.0. The van der Waals surface area contributed by atoms with Crippen molar-refractivity contribution in [1.82, 2.24) is 9.53 Å². The van der Waals surface area contributed by atoms with E-state index in [0.29, 0.717) is 18.0 Å². The van der Waals surface area contributed by atoms with E-state index in [4.69, 9.17) is 0 Å². The number of amidine groups is 1. The molecule has 0 aliphatic carbocycles. The summed E-state index contributed by atoms with van der Waals surface area (Å²) in [5, 5.41) is 9.40. The standard InChI is InChI=1S/C5H7NO2.C5H7NOS.C3H5N3/c2*1-3-4(2)8-6-5(3)7;1-3-4-2-5-6-3/h2*1-2H3,(H,6,7);2H2,1H3. The van der Waals surface area contributed by atoms with E-state index in [1.165, 1.54) is 11.5 Å². The van der Waals surface area contributed by atoms with Crippen LogP contribution < -0.4 is 11.1 Å². The third-order valence-electron chi connectivity index (χ3n) is 2.91. The molecule has 22 heavy (non-hydrogen) atoms. The summed E-state index contributed by atoms with van der Waals surface area (Å²) in [7, 11) is 0. The molecule has 3 heterocycles. The fourth-order valence-electron chi connectivity index (χ4n) is 1.17. The van der Waals surface area contributed by atoms with Crippen molar-refractivity contribution in [3.05, 3.63) is 42.5 Å². The number of H-pyrrole nitrogens is 2. The maximum atomic E-state index is 10.6. The number of aromatic nitrogens is 2. The Morgan fingerprint density at radius 2 is 1.73 bits per heavy atom. The zero-order chi connectivity index (χ0) is 16.7. The monoisotopic (exact) mass is 325 g/mol. The van der Waals surface area contributed by atoms with Crippen molar-refractivity contribution < 1.29 is 4.52 Å². The van der Waals surface area contributed by atoms with Crippen LogP contribution in [0.2, 0.25) is 0 Å². The largest absolute Gasteiger partial charge is 0.384 e. The highest BCUT2D eigenvalue weighted by molar-refractivity contribution is 7.05. The lowest BCUT2D eigenvalue weighted by atomic mass is 10.3. The molecule has 0 saturated carbocycles. The molecule has 0 radical (unpaired) electrons. The van der Waals surface area contributed by atoms with Crippen LogP contribution in [0.4, 0.5) is 0 Å². The summed E-state index contributed by atoms with van der Waals surface area (Å²) in [6.45, 7) is 9.58. The molecule has 0 atom stereocenters. The highest BCUT2D eigenvalue weighted by Gasteiger charge is 1.98. The molecular formula is C13H19N5O3S. The molecule has 3 rings (SSSR count). The van der Waals surface area contributed by atoms with E-state index in [1.54, 1.807) is 13.8 Å². The molecule has 1 aliphatic heterocycles.